The van der Waals surface area contributed by atoms with Gasteiger partial charge >= 0.3 is 0 Å². The summed E-state index contributed by atoms with van der Waals surface area (Å²) in [6, 6.07) is 23.4. The highest BCUT2D eigenvalue weighted by Gasteiger charge is 2.13. The van der Waals surface area contributed by atoms with E-state index in [1.807, 2.05) is 74.5 Å². The van der Waals surface area contributed by atoms with Gasteiger partial charge in [-0.25, -0.2) is 4.98 Å². The first-order chi connectivity index (χ1) is 17.5. The summed E-state index contributed by atoms with van der Waals surface area (Å²) in [5.41, 5.74) is 4.35. The molecule has 0 saturated heterocycles. The van der Waals surface area contributed by atoms with Crippen molar-refractivity contribution in [2.45, 2.75) is 32.7 Å². The first-order valence-electron chi connectivity index (χ1n) is 11.9. The molecule has 5 aromatic rings. The molecule has 0 spiro atoms. The van der Waals surface area contributed by atoms with Crippen LogP contribution >= 0.6 is 0 Å². The fourth-order valence-electron chi connectivity index (χ4n) is 3.95. The third kappa shape index (κ3) is 5.38. The molecule has 0 aliphatic rings. The van der Waals surface area contributed by atoms with E-state index in [2.05, 4.69) is 42.8 Å². The van der Waals surface area contributed by atoms with Crippen LogP contribution in [0.5, 0.6) is 0 Å². The standard InChI is InChI=1S/C28H27N7O/c1-19(10-11-21-7-4-3-5-8-21)30-27(36)22-12-14-24(15-13-22)32-25-17-20(2)31-28-33-26(34-35(25)28)23-9-6-16-29-18-23/h3-9,12-19,32H,10-11H2,1-2H3,(H,30,36)/t19-/m0/s1. The molecule has 3 aromatic heterocycles. The van der Waals surface area contributed by atoms with E-state index in [4.69, 9.17) is 0 Å². The lowest BCUT2D eigenvalue weighted by molar-refractivity contribution is 0.0938. The Morgan fingerprint density at radius 3 is 2.56 bits per heavy atom. The quantitative estimate of drug-likeness (QED) is 0.327. The molecule has 0 aliphatic carbocycles. The summed E-state index contributed by atoms with van der Waals surface area (Å²) in [6.07, 6.45) is 5.24. The topological polar surface area (TPSA) is 97.1 Å². The Balaban J connectivity index is 1.26. The van der Waals surface area contributed by atoms with Crippen LogP contribution in [0.3, 0.4) is 0 Å². The number of nitrogens with zero attached hydrogens (tertiary/aromatic N) is 5. The average molecular weight is 478 g/mol. The van der Waals surface area contributed by atoms with Crippen molar-refractivity contribution in [3.05, 3.63) is 102 Å². The number of carbonyl (C=O) groups is 1. The maximum absolute atomic E-state index is 12.7. The van der Waals surface area contributed by atoms with Crippen LogP contribution in [0.4, 0.5) is 11.5 Å². The van der Waals surface area contributed by atoms with Crippen molar-refractivity contribution in [1.82, 2.24) is 29.9 Å². The molecule has 1 atom stereocenters. The summed E-state index contributed by atoms with van der Waals surface area (Å²) < 4.78 is 1.67. The minimum atomic E-state index is -0.0818. The van der Waals surface area contributed by atoms with Crippen LogP contribution in [0.2, 0.25) is 0 Å². The van der Waals surface area contributed by atoms with Gasteiger partial charge < -0.3 is 10.6 Å². The molecule has 180 valence electrons. The van der Waals surface area contributed by atoms with E-state index in [0.29, 0.717) is 17.2 Å². The van der Waals surface area contributed by atoms with Gasteiger partial charge in [-0.2, -0.15) is 9.50 Å². The predicted molar refractivity (Wildman–Crippen MR) is 140 cm³/mol. The molecule has 2 aromatic carbocycles. The van der Waals surface area contributed by atoms with E-state index < -0.39 is 0 Å². The molecule has 0 bridgehead atoms. The van der Waals surface area contributed by atoms with E-state index in [-0.39, 0.29) is 11.9 Å². The Kier molecular flexibility index (Phi) is 6.66. The summed E-state index contributed by atoms with van der Waals surface area (Å²) in [5, 5.41) is 11.1. The maximum atomic E-state index is 12.7. The lowest BCUT2D eigenvalue weighted by atomic mass is 10.1. The molecule has 36 heavy (non-hydrogen) atoms. The number of anilines is 2. The van der Waals surface area contributed by atoms with Crippen LogP contribution in [0.25, 0.3) is 17.2 Å². The normalized spacial score (nSPS) is 11.8. The first-order valence-corrected chi connectivity index (χ1v) is 11.9. The van der Waals surface area contributed by atoms with E-state index in [9.17, 15) is 4.79 Å². The molecule has 8 nitrogen and oxygen atoms in total. The van der Waals surface area contributed by atoms with Crippen molar-refractivity contribution < 1.29 is 4.79 Å². The van der Waals surface area contributed by atoms with Crippen LogP contribution in [0.15, 0.2) is 85.2 Å². The number of aromatic nitrogens is 5. The van der Waals surface area contributed by atoms with Gasteiger partial charge in [0.15, 0.2) is 5.82 Å². The smallest absolute Gasteiger partial charge is 0.254 e. The molecule has 5 rings (SSSR count). The summed E-state index contributed by atoms with van der Waals surface area (Å²) in [7, 11) is 0. The van der Waals surface area contributed by atoms with E-state index in [1.54, 1.807) is 16.9 Å². The average Bonchev–Trinajstić information content (AvgIpc) is 3.33. The molecule has 2 N–H and O–H groups in total. The fourth-order valence-corrected chi connectivity index (χ4v) is 3.95. The summed E-state index contributed by atoms with van der Waals surface area (Å²) in [5.74, 6) is 1.70. The molecule has 0 saturated carbocycles. The Labute approximate surface area is 209 Å². The van der Waals surface area contributed by atoms with Gasteiger partial charge in [0.2, 0.25) is 0 Å². The lowest BCUT2D eigenvalue weighted by Gasteiger charge is -2.14. The van der Waals surface area contributed by atoms with E-state index in [0.717, 1.165) is 35.6 Å². The molecule has 0 unspecified atom stereocenters. The molecule has 0 fully saturated rings. The zero-order valence-electron chi connectivity index (χ0n) is 20.2. The van der Waals surface area contributed by atoms with Gasteiger partial charge in [-0.1, -0.05) is 30.3 Å². The number of fused-ring (bicyclic) bond motifs is 1. The van der Waals surface area contributed by atoms with Crippen LogP contribution in [0, 0.1) is 6.92 Å². The first kappa shape index (κ1) is 23.2. The van der Waals surface area contributed by atoms with Crippen LogP contribution in [-0.4, -0.2) is 36.5 Å². The molecule has 8 heteroatoms. The summed E-state index contributed by atoms with van der Waals surface area (Å²) in [4.78, 5) is 25.9. The Morgan fingerprint density at radius 1 is 1.00 bits per heavy atom. The highest BCUT2D eigenvalue weighted by molar-refractivity contribution is 5.94. The summed E-state index contributed by atoms with van der Waals surface area (Å²) >= 11 is 0. The summed E-state index contributed by atoms with van der Waals surface area (Å²) in [6.45, 7) is 3.95. The number of hydrogen-bond donors (Lipinski definition) is 2. The molecule has 0 radical (unpaired) electrons. The zero-order chi connectivity index (χ0) is 24.9. The van der Waals surface area contributed by atoms with Crippen molar-refractivity contribution in [3.63, 3.8) is 0 Å². The van der Waals surface area contributed by atoms with Gasteiger partial charge in [0.05, 0.1) is 0 Å². The van der Waals surface area contributed by atoms with E-state index >= 15 is 0 Å². The molecule has 3 heterocycles. The minimum Gasteiger partial charge on any atom is -0.350 e. The fraction of sp³-hybridized carbons (Fsp3) is 0.179. The SMILES string of the molecule is Cc1cc(Nc2ccc(C(=O)N[C@@H](C)CCc3ccccc3)cc2)n2nc(-c3cccnc3)nc2n1. The highest BCUT2D eigenvalue weighted by Crippen LogP contribution is 2.21. The highest BCUT2D eigenvalue weighted by atomic mass is 16.1. The number of carbonyl (C=O) groups excluding carboxylic acids is 1. The van der Waals surface area contributed by atoms with Crippen molar-refractivity contribution in [2.24, 2.45) is 0 Å². The number of nitrogens with one attached hydrogen (secondary N) is 2. The Hall–Kier alpha value is -4.59. The van der Waals surface area contributed by atoms with Gasteiger partial charge in [-0.05, 0) is 68.7 Å². The van der Waals surface area contributed by atoms with Crippen LogP contribution in [-0.2, 0) is 6.42 Å². The second-order valence-electron chi connectivity index (χ2n) is 8.77. The van der Waals surface area contributed by atoms with Crippen molar-refractivity contribution in [3.8, 4) is 11.4 Å². The third-order valence-electron chi connectivity index (χ3n) is 5.87. The lowest BCUT2D eigenvalue weighted by Crippen LogP contribution is -2.32. The number of aryl methyl sites for hydroxylation is 2. The van der Waals surface area contributed by atoms with Gasteiger partial charge in [-0.3, -0.25) is 9.78 Å². The molecular weight excluding hydrogens is 450 g/mol. The minimum absolute atomic E-state index is 0.0740. The second kappa shape index (κ2) is 10.4. The van der Waals surface area contributed by atoms with Gasteiger partial charge in [0.1, 0.15) is 5.82 Å². The van der Waals surface area contributed by atoms with Gasteiger partial charge in [0, 0.05) is 47.0 Å². The van der Waals surface area contributed by atoms with Crippen LogP contribution < -0.4 is 10.6 Å². The Bertz CT molecular complexity index is 1470. The van der Waals surface area contributed by atoms with Gasteiger partial charge in [0.25, 0.3) is 11.7 Å². The van der Waals surface area contributed by atoms with Crippen molar-refractivity contribution in [2.75, 3.05) is 5.32 Å². The molecular formula is C28H27N7O. The molecule has 0 aliphatic heterocycles. The number of hydrogen-bond acceptors (Lipinski definition) is 6. The van der Waals surface area contributed by atoms with Crippen LogP contribution in [0.1, 0.15) is 35.0 Å². The second-order valence-corrected chi connectivity index (χ2v) is 8.77. The number of rotatable bonds is 8. The number of amides is 1. The van der Waals surface area contributed by atoms with Crippen molar-refractivity contribution in [1.29, 1.82) is 0 Å². The largest absolute Gasteiger partial charge is 0.350 e. The number of benzene rings is 2. The zero-order valence-corrected chi connectivity index (χ0v) is 20.2. The maximum Gasteiger partial charge on any atom is 0.254 e. The van der Waals surface area contributed by atoms with Gasteiger partial charge in [-0.15, -0.1) is 5.10 Å². The third-order valence-corrected chi connectivity index (χ3v) is 5.87. The molecule has 1 amide bonds. The van der Waals surface area contributed by atoms with E-state index in [1.165, 1.54) is 5.56 Å². The van der Waals surface area contributed by atoms with Crippen molar-refractivity contribution >= 4 is 23.2 Å². The predicted octanol–water partition coefficient (Wildman–Crippen LogP) is 4.99. The monoisotopic (exact) mass is 477 g/mol. The Morgan fingerprint density at radius 2 is 1.81 bits per heavy atom. The number of pyridine rings is 1.